The van der Waals surface area contributed by atoms with Gasteiger partial charge in [-0.15, -0.1) is 0 Å². The van der Waals surface area contributed by atoms with Gasteiger partial charge in [-0.3, -0.25) is 24.1 Å². The minimum Gasteiger partial charge on any atom is -0.481 e. The van der Waals surface area contributed by atoms with E-state index in [1.54, 1.807) is 6.92 Å². The number of rotatable bonds is 17. The number of nitrogens with zero attached hydrogens (tertiary/aromatic N) is 1. The van der Waals surface area contributed by atoms with Crippen LogP contribution >= 0.6 is 0 Å². The number of hydrogen-bond donors (Lipinski definition) is 6. The van der Waals surface area contributed by atoms with E-state index in [0.717, 1.165) is 0 Å². The van der Waals surface area contributed by atoms with Crippen molar-refractivity contribution in [1.29, 1.82) is 0 Å². The van der Waals surface area contributed by atoms with Crippen LogP contribution in [0.15, 0.2) is 0 Å². The molecule has 1 rings (SSSR count). The van der Waals surface area contributed by atoms with Gasteiger partial charge < -0.3 is 32.3 Å². The van der Waals surface area contributed by atoms with Crippen molar-refractivity contribution in [2.75, 3.05) is 39.3 Å². The van der Waals surface area contributed by atoms with Crippen LogP contribution in [0.1, 0.15) is 51.9 Å². The molecular weight excluding hydrogens is 430 g/mol. The lowest BCUT2D eigenvalue weighted by Crippen LogP contribution is -2.39. The highest BCUT2D eigenvalue weighted by molar-refractivity contribution is 5.80. The SMILES string of the molecule is CC(CCC(=O)NCCCCNC(=O)C(CCCN)C1CC(C(=O)O)N(CCN)C1)C(=O)O. The molecule has 8 N–H and O–H groups in total. The molecule has 0 aromatic heterocycles. The third-order valence-electron chi connectivity index (χ3n) is 6.21. The maximum atomic E-state index is 12.9. The Morgan fingerprint density at radius 2 is 1.67 bits per heavy atom. The van der Waals surface area contributed by atoms with Gasteiger partial charge >= 0.3 is 11.9 Å². The highest BCUT2D eigenvalue weighted by Crippen LogP contribution is 2.32. The molecule has 1 aliphatic rings. The van der Waals surface area contributed by atoms with Gasteiger partial charge in [-0.05, 0) is 51.0 Å². The molecule has 1 fully saturated rings. The maximum absolute atomic E-state index is 12.9. The van der Waals surface area contributed by atoms with E-state index >= 15 is 0 Å². The largest absolute Gasteiger partial charge is 0.481 e. The summed E-state index contributed by atoms with van der Waals surface area (Å²) in [6.07, 6.45) is 3.56. The third kappa shape index (κ3) is 10.5. The van der Waals surface area contributed by atoms with Crippen molar-refractivity contribution in [3.63, 3.8) is 0 Å². The van der Waals surface area contributed by atoms with Crippen LogP contribution < -0.4 is 22.1 Å². The van der Waals surface area contributed by atoms with Crippen molar-refractivity contribution in [2.24, 2.45) is 29.2 Å². The molecule has 0 aliphatic carbocycles. The molecule has 2 amide bonds. The summed E-state index contributed by atoms with van der Waals surface area (Å²) in [5.74, 6) is -2.96. The van der Waals surface area contributed by atoms with Crippen LogP contribution in [0.25, 0.3) is 0 Å². The summed E-state index contributed by atoms with van der Waals surface area (Å²) in [5.41, 5.74) is 11.3. The van der Waals surface area contributed by atoms with Crippen LogP contribution in [0.2, 0.25) is 0 Å². The molecule has 0 bridgehead atoms. The van der Waals surface area contributed by atoms with E-state index in [0.29, 0.717) is 77.8 Å². The molecule has 190 valence electrons. The summed E-state index contributed by atoms with van der Waals surface area (Å²) in [6, 6.07) is -0.617. The fraction of sp³-hybridized carbons (Fsp3) is 0.818. The number of carbonyl (C=O) groups is 4. The van der Waals surface area contributed by atoms with Gasteiger partial charge in [-0.2, -0.15) is 0 Å². The average molecular weight is 472 g/mol. The van der Waals surface area contributed by atoms with E-state index in [2.05, 4.69) is 10.6 Å². The van der Waals surface area contributed by atoms with Crippen LogP contribution in [0.4, 0.5) is 0 Å². The van der Waals surface area contributed by atoms with Gasteiger partial charge in [0.05, 0.1) is 5.92 Å². The second-order valence-corrected chi connectivity index (χ2v) is 8.80. The van der Waals surface area contributed by atoms with Crippen LogP contribution in [0.5, 0.6) is 0 Å². The summed E-state index contributed by atoms with van der Waals surface area (Å²) in [7, 11) is 0. The number of carboxylic acid groups (broad SMARTS) is 2. The van der Waals surface area contributed by atoms with Crippen LogP contribution in [0, 0.1) is 17.8 Å². The van der Waals surface area contributed by atoms with E-state index in [9.17, 15) is 24.3 Å². The van der Waals surface area contributed by atoms with Gasteiger partial charge in [0.1, 0.15) is 6.04 Å². The first-order valence-electron chi connectivity index (χ1n) is 11.8. The Morgan fingerprint density at radius 1 is 1.00 bits per heavy atom. The monoisotopic (exact) mass is 471 g/mol. The molecular formula is C22H41N5O6. The van der Waals surface area contributed by atoms with Gasteiger partial charge in [-0.1, -0.05) is 6.92 Å². The summed E-state index contributed by atoms with van der Waals surface area (Å²) in [6.45, 7) is 4.35. The van der Waals surface area contributed by atoms with Crippen LogP contribution in [0.3, 0.4) is 0 Å². The number of aliphatic carboxylic acids is 2. The zero-order valence-corrected chi connectivity index (χ0v) is 19.6. The van der Waals surface area contributed by atoms with Crippen molar-refractivity contribution >= 4 is 23.8 Å². The number of nitrogens with two attached hydrogens (primary N) is 2. The lowest BCUT2D eigenvalue weighted by Gasteiger charge is -2.23. The van der Waals surface area contributed by atoms with Gasteiger partial charge in [-0.25, -0.2) is 0 Å². The van der Waals surface area contributed by atoms with E-state index in [1.165, 1.54) is 0 Å². The number of amides is 2. The molecule has 1 saturated heterocycles. The van der Waals surface area contributed by atoms with Crippen molar-refractivity contribution in [3.05, 3.63) is 0 Å². The second-order valence-electron chi connectivity index (χ2n) is 8.80. The molecule has 0 radical (unpaired) electrons. The number of nitrogens with one attached hydrogen (secondary N) is 2. The highest BCUT2D eigenvalue weighted by Gasteiger charge is 2.41. The zero-order valence-electron chi connectivity index (χ0n) is 19.6. The third-order valence-corrected chi connectivity index (χ3v) is 6.21. The number of unbranched alkanes of at least 4 members (excludes halogenated alkanes) is 1. The smallest absolute Gasteiger partial charge is 0.320 e. The first-order valence-corrected chi connectivity index (χ1v) is 11.8. The van der Waals surface area contributed by atoms with Gasteiger partial charge in [0.25, 0.3) is 0 Å². The lowest BCUT2D eigenvalue weighted by atomic mass is 9.85. The van der Waals surface area contributed by atoms with E-state index in [4.69, 9.17) is 16.6 Å². The van der Waals surface area contributed by atoms with Gasteiger partial charge in [0, 0.05) is 45.1 Å². The summed E-state index contributed by atoms with van der Waals surface area (Å²) < 4.78 is 0. The standard InChI is InChI=1S/C22H41N5O6/c1-15(21(30)31)6-7-19(28)25-10-2-3-11-26-20(29)17(5-4-8-23)16-13-18(22(32)33)27(14-16)12-9-24/h15-18H,2-14,23-24H2,1H3,(H,25,28)(H,26,29)(H,30,31)(H,32,33). The van der Waals surface area contributed by atoms with Crippen molar-refractivity contribution in [1.82, 2.24) is 15.5 Å². The quantitative estimate of drug-likeness (QED) is 0.153. The molecule has 4 unspecified atom stereocenters. The van der Waals surface area contributed by atoms with Gasteiger partial charge in [0.2, 0.25) is 11.8 Å². The minimum absolute atomic E-state index is 0.0586. The Labute approximate surface area is 195 Å². The molecule has 11 heteroatoms. The minimum atomic E-state index is -0.911. The first kappa shape index (κ1) is 28.8. The number of hydrogen-bond acceptors (Lipinski definition) is 7. The van der Waals surface area contributed by atoms with Crippen LogP contribution in [-0.2, 0) is 19.2 Å². The fourth-order valence-electron chi connectivity index (χ4n) is 4.20. The Morgan fingerprint density at radius 3 is 2.24 bits per heavy atom. The normalized spacial score (nSPS) is 20.2. The van der Waals surface area contributed by atoms with Gasteiger partial charge in [0.15, 0.2) is 0 Å². The van der Waals surface area contributed by atoms with Crippen molar-refractivity contribution in [2.45, 2.75) is 57.9 Å². The molecule has 0 aromatic carbocycles. The molecule has 1 heterocycles. The Kier molecular flexibility index (Phi) is 13.6. The molecule has 11 nitrogen and oxygen atoms in total. The highest BCUT2D eigenvalue weighted by atomic mass is 16.4. The lowest BCUT2D eigenvalue weighted by molar-refractivity contribution is -0.142. The molecule has 0 aromatic rings. The second kappa shape index (κ2) is 15.6. The first-order chi connectivity index (χ1) is 15.7. The topological polar surface area (TPSA) is 188 Å². The van der Waals surface area contributed by atoms with Crippen molar-refractivity contribution < 1.29 is 29.4 Å². The molecule has 0 saturated carbocycles. The predicted octanol–water partition coefficient (Wildman–Crippen LogP) is -0.411. The fourth-order valence-corrected chi connectivity index (χ4v) is 4.20. The predicted molar refractivity (Wildman–Crippen MR) is 123 cm³/mol. The van der Waals surface area contributed by atoms with E-state index in [-0.39, 0.29) is 30.1 Å². The van der Waals surface area contributed by atoms with E-state index in [1.807, 2.05) is 4.90 Å². The summed E-state index contributed by atoms with van der Waals surface area (Å²) >= 11 is 0. The number of carbonyl (C=O) groups excluding carboxylic acids is 2. The van der Waals surface area contributed by atoms with Crippen LogP contribution in [-0.4, -0.2) is 84.2 Å². The molecule has 1 aliphatic heterocycles. The number of carboxylic acids is 2. The van der Waals surface area contributed by atoms with Crippen molar-refractivity contribution in [3.8, 4) is 0 Å². The number of likely N-dealkylation sites (tertiary alicyclic amines) is 1. The molecule has 33 heavy (non-hydrogen) atoms. The maximum Gasteiger partial charge on any atom is 0.320 e. The molecule has 4 atom stereocenters. The summed E-state index contributed by atoms with van der Waals surface area (Å²) in [5, 5.41) is 24.1. The Balaban J connectivity index is 2.40. The Bertz CT molecular complexity index is 647. The zero-order chi connectivity index (χ0) is 24.8. The van der Waals surface area contributed by atoms with E-state index < -0.39 is 23.9 Å². The average Bonchev–Trinajstić information content (AvgIpc) is 3.18. The Hall–Kier alpha value is -2.24. The molecule has 0 spiro atoms. The summed E-state index contributed by atoms with van der Waals surface area (Å²) in [4.78, 5) is 48.8.